The number of nitrogens with one attached hydrogen (secondary N) is 2. The highest BCUT2D eigenvalue weighted by Gasteiger charge is 2.10. The van der Waals surface area contributed by atoms with Crippen molar-refractivity contribution in [2.75, 3.05) is 26.7 Å². The van der Waals surface area contributed by atoms with Crippen LogP contribution in [-0.2, 0) is 11.2 Å². The Hall–Kier alpha value is -3.23. The predicted molar refractivity (Wildman–Crippen MR) is 112 cm³/mol. The van der Waals surface area contributed by atoms with E-state index in [-0.39, 0.29) is 12.3 Å². The first-order valence-corrected chi connectivity index (χ1v) is 9.74. The van der Waals surface area contributed by atoms with E-state index in [1.807, 2.05) is 43.3 Å². The van der Waals surface area contributed by atoms with Crippen molar-refractivity contribution in [1.82, 2.24) is 20.6 Å². The highest BCUT2D eigenvalue weighted by atomic mass is 16.5. The van der Waals surface area contributed by atoms with Crippen LogP contribution in [-0.4, -0.2) is 47.7 Å². The average Bonchev–Trinajstić information content (AvgIpc) is 3.22. The number of nitrogens with zero attached hydrogens (tertiary/aromatic N) is 2. The Bertz CT molecular complexity index is 939. The molecule has 0 radical (unpaired) electrons. The Labute approximate surface area is 175 Å². The molecule has 0 aliphatic heterocycles. The molecule has 1 amide bonds. The standard InChI is InChI=1S/C22H26N4O4/c1-15-3-4-17(12-25-15)20(27)13-24-9-10-29-18-7-5-16(6-8-18)19-14-30-22(26-19)11-21(28)23-2/h3-8,12,14,20,24,27H,9-11,13H2,1-2H3,(H,23,28)/t20-/m1/s1. The SMILES string of the molecule is CNC(=O)Cc1nc(-c2ccc(OCCNC[C@@H](O)c3ccc(C)nc3)cc2)co1. The summed E-state index contributed by atoms with van der Waals surface area (Å²) in [4.78, 5) is 19.9. The van der Waals surface area contributed by atoms with Gasteiger partial charge in [0.05, 0.1) is 6.10 Å². The summed E-state index contributed by atoms with van der Waals surface area (Å²) in [5.41, 5.74) is 3.26. The number of benzene rings is 1. The van der Waals surface area contributed by atoms with Gasteiger partial charge < -0.3 is 24.9 Å². The Morgan fingerprint density at radius 3 is 2.73 bits per heavy atom. The first-order valence-electron chi connectivity index (χ1n) is 9.74. The summed E-state index contributed by atoms with van der Waals surface area (Å²) in [6.07, 6.45) is 2.73. The van der Waals surface area contributed by atoms with E-state index in [1.54, 1.807) is 13.2 Å². The summed E-state index contributed by atoms with van der Waals surface area (Å²) in [5.74, 6) is 0.959. The molecule has 3 N–H and O–H groups in total. The fraction of sp³-hybridized carbons (Fsp3) is 0.318. The van der Waals surface area contributed by atoms with E-state index in [0.717, 1.165) is 22.6 Å². The van der Waals surface area contributed by atoms with Gasteiger partial charge in [-0.1, -0.05) is 6.07 Å². The molecule has 0 fully saturated rings. The summed E-state index contributed by atoms with van der Waals surface area (Å²) in [7, 11) is 1.57. The maximum atomic E-state index is 11.4. The lowest BCUT2D eigenvalue weighted by molar-refractivity contribution is -0.120. The van der Waals surface area contributed by atoms with Gasteiger partial charge in [0.2, 0.25) is 11.8 Å². The molecular formula is C22H26N4O4. The number of aliphatic hydroxyl groups excluding tert-OH is 1. The quantitative estimate of drug-likeness (QED) is 0.439. The number of aromatic nitrogens is 2. The normalized spacial score (nSPS) is 11.8. The Kier molecular flexibility index (Phi) is 7.53. The fourth-order valence-electron chi connectivity index (χ4n) is 2.75. The minimum atomic E-state index is -0.604. The second-order valence-electron chi connectivity index (χ2n) is 6.80. The smallest absolute Gasteiger partial charge is 0.229 e. The van der Waals surface area contributed by atoms with Crippen LogP contribution in [0, 0.1) is 6.92 Å². The number of oxazole rings is 1. The maximum absolute atomic E-state index is 11.4. The van der Waals surface area contributed by atoms with Gasteiger partial charge in [0.1, 0.15) is 30.7 Å². The van der Waals surface area contributed by atoms with Crippen molar-refractivity contribution < 1.29 is 19.1 Å². The molecule has 2 heterocycles. The van der Waals surface area contributed by atoms with E-state index in [4.69, 9.17) is 9.15 Å². The lowest BCUT2D eigenvalue weighted by Gasteiger charge is -2.12. The summed E-state index contributed by atoms with van der Waals surface area (Å²) in [5, 5.41) is 15.9. The number of carbonyl (C=O) groups excluding carboxylic acids is 1. The van der Waals surface area contributed by atoms with Crippen LogP contribution in [0.4, 0.5) is 0 Å². The first-order chi connectivity index (χ1) is 14.5. The molecule has 8 heteroatoms. The lowest BCUT2D eigenvalue weighted by atomic mass is 10.1. The van der Waals surface area contributed by atoms with Crippen molar-refractivity contribution in [3.8, 4) is 17.0 Å². The number of likely N-dealkylation sites (N-methyl/N-ethyl adjacent to an activating group) is 1. The largest absolute Gasteiger partial charge is 0.492 e. The van der Waals surface area contributed by atoms with Crippen LogP contribution in [0.3, 0.4) is 0 Å². The van der Waals surface area contributed by atoms with Crippen LogP contribution in [0.15, 0.2) is 53.3 Å². The number of ether oxygens (including phenoxy) is 1. The molecule has 0 saturated heterocycles. The molecule has 0 bridgehead atoms. The highest BCUT2D eigenvalue weighted by molar-refractivity contribution is 5.77. The molecule has 0 aliphatic carbocycles. The predicted octanol–water partition coefficient (Wildman–Crippen LogP) is 2.04. The number of amides is 1. The minimum Gasteiger partial charge on any atom is -0.492 e. The van der Waals surface area contributed by atoms with Gasteiger partial charge in [-0.3, -0.25) is 9.78 Å². The first kappa shape index (κ1) is 21.5. The van der Waals surface area contributed by atoms with Crippen LogP contribution >= 0.6 is 0 Å². The van der Waals surface area contributed by atoms with Crippen LogP contribution in [0.25, 0.3) is 11.3 Å². The number of carbonyl (C=O) groups is 1. The van der Waals surface area contributed by atoms with E-state index < -0.39 is 6.10 Å². The lowest BCUT2D eigenvalue weighted by Crippen LogP contribution is -2.26. The van der Waals surface area contributed by atoms with Gasteiger partial charge in [0.15, 0.2) is 0 Å². The molecule has 0 unspecified atom stereocenters. The molecule has 158 valence electrons. The number of aliphatic hydroxyl groups is 1. The molecule has 0 saturated carbocycles. The topological polar surface area (TPSA) is 110 Å². The Morgan fingerprint density at radius 1 is 1.23 bits per heavy atom. The van der Waals surface area contributed by atoms with Crippen molar-refractivity contribution in [3.05, 3.63) is 66.0 Å². The molecule has 3 rings (SSSR count). The highest BCUT2D eigenvalue weighted by Crippen LogP contribution is 2.22. The third-order valence-electron chi connectivity index (χ3n) is 4.50. The maximum Gasteiger partial charge on any atom is 0.229 e. The number of rotatable bonds is 10. The Morgan fingerprint density at radius 2 is 2.03 bits per heavy atom. The number of hydrogen-bond acceptors (Lipinski definition) is 7. The van der Waals surface area contributed by atoms with E-state index >= 15 is 0 Å². The molecule has 2 aromatic heterocycles. The van der Waals surface area contributed by atoms with Gasteiger partial charge in [0.25, 0.3) is 0 Å². The van der Waals surface area contributed by atoms with Crippen LogP contribution < -0.4 is 15.4 Å². The molecule has 0 spiro atoms. The number of aryl methyl sites for hydroxylation is 1. The fourth-order valence-corrected chi connectivity index (χ4v) is 2.75. The van der Waals surface area contributed by atoms with Gasteiger partial charge in [-0.15, -0.1) is 0 Å². The van der Waals surface area contributed by atoms with Crippen LogP contribution in [0.2, 0.25) is 0 Å². The van der Waals surface area contributed by atoms with E-state index in [0.29, 0.717) is 31.3 Å². The van der Waals surface area contributed by atoms with Crippen molar-refractivity contribution in [3.63, 3.8) is 0 Å². The molecule has 1 atom stereocenters. The number of hydrogen-bond donors (Lipinski definition) is 3. The van der Waals surface area contributed by atoms with E-state index in [1.165, 1.54) is 6.26 Å². The molecule has 8 nitrogen and oxygen atoms in total. The summed E-state index contributed by atoms with van der Waals surface area (Å²) in [6.45, 7) is 3.41. The summed E-state index contributed by atoms with van der Waals surface area (Å²) < 4.78 is 11.1. The number of pyridine rings is 1. The third kappa shape index (κ3) is 6.13. The van der Waals surface area contributed by atoms with Gasteiger partial charge >= 0.3 is 0 Å². The molecular weight excluding hydrogens is 384 g/mol. The third-order valence-corrected chi connectivity index (χ3v) is 4.50. The van der Waals surface area contributed by atoms with Crippen molar-refractivity contribution in [1.29, 1.82) is 0 Å². The van der Waals surface area contributed by atoms with Gasteiger partial charge in [-0.05, 0) is 37.3 Å². The average molecular weight is 410 g/mol. The minimum absolute atomic E-state index is 0.111. The molecule has 3 aromatic rings. The van der Waals surface area contributed by atoms with Gasteiger partial charge in [-0.2, -0.15) is 0 Å². The van der Waals surface area contributed by atoms with E-state index in [9.17, 15) is 9.90 Å². The zero-order chi connectivity index (χ0) is 21.3. The van der Waals surface area contributed by atoms with Crippen molar-refractivity contribution >= 4 is 5.91 Å². The van der Waals surface area contributed by atoms with Crippen LogP contribution in [0.5, 0.6) is 5.75 Å². The van der Waals surface area contributed by atoms with E-state index in [2.05, 4.69) is 20.6 Å². The van der Waals surface area contributed by atoms with Crippen molar-refractivity contribution in [2.45, 2.75) is 19.4 Å². The second kappa shape index (κ2) is 10.5. The van der Waals surface area contributed by atoms with Gasteiger partial charge in [-0.25, -0.2) is 4.98 Å². The molecule has 0 aliphatic rings. The monoisotopic (exact) mass is 410 g/mol. The summed E-state index contributed by atoms with van der Waals surface area (Å²) >= 11 is 0. The zero-order valence-electron chi connectivity index (χ0n) is 17.1. The van der Waals surface area contributed by atoms with Crippen molar-refractivity contribution in [2.24, 2.45) is 0 Å². The van der Waals surface area contributed by atoms with Gasteiger partial charge in [0, 0.05) is 43.2 Å². The molecule has 30 heavy (non-hydrogen) atoms. The zero-order valence-corrected chi connectivity index (χ0v) is 17.1. The Balaban J connectivity index is 1.40. The van der Waals surface area contributed by atoms with Crippen LogP contribution in [0.1, 0.15) is 23.3 Å². The second-order valence-corrected chi connectivity index (χ2v) is 6.80. The molecule has 1 aromatic carbocycles. The summed E-state index contributed by atoms with van der Waals surface area (Å²) in [6, 6.07) is 11.2.